The minimum atomic E-state index is -2.97. The lowest BCUT2D eigenvalue weighted by Crippen LogP contribution is -2.33. The molecular weight excluding hydrogens is 326 g/mol. The summed E-state index contributed by atoms with van der Waals surface area (Å²) in [6, 6.07) is 10.9. The maximum Gasteiger partial charge on any atom is 0.227 e. The van der Waals surface area contributed by atoms with Gasteiger partial charge in [-0.2, -0.15) is 10.2 Å². The second kappa shape index (κ2) is 6.45. The van der Waals surface area contributed by atoms with Crippen LogP contribution in [0.5, 0.6) is 0 Å². The van der Waals surface area contributed by atoms with Gasteiger partial charge in [-0.15, -0.1) is 0 Å². The van der Waals surface area contributed by atoms with Crippen LogP contribution in [0.2, 0.25) is 0 Å². The highest BCUT2D eigenvalue weighted by Gasteiger charge is 2.31. The van der Waals surface area contributed by atoms with Crippen LogP contribution < -0.4 is 10.2 Å². The molecule has 2 aromatic rings. The minimum Gasteiger partial charge on any atom is -0.340 e. The van der Waals surface area contributed by atoms with E-state index in [0.717, 1.165) is 0 Å². The van der Waals surface area contributed by atoms with Gasteiger partial charge in [0, 0.05) is 19.3 Å². The van der Waals surface area contributed by atoms with E-state index >= 15 is 0 Å². The molecule has 1 fully saturated rings. The molecule has 7 nitrogen and oxygen atoms in total. The van der Waals surface area contributed by atoms with E-state index in [1.165, 1.54) is 0 Å². The molecule has 2 heterocycles. The lowest BCUT2D eigenvalue weighted by molar-refractivity contribution is 0.600. The van der Waals surface area contributed by atoms with Gasteiger partial charge >= 0.3 is 0 Å². The molecule has 1 aromatic heterocycles. The largest absolute Gasteiger partial charge is 0.340 e. The van der Waals surface area contributed by atoms with E-state index in [9.17, 15) is 8.42 Å². The number of anilines is 3. The van der Waals surface area contributed by atoms with Crippen LogP contribution in [0.25, 0.3) is 0 Å². The molecule has 0 amide bonds. The van der Waals surface area contributed by atoms with Crippen molar-refractivity contribution in [1.29, 1.82) is 5.26 Å². The van der Waals surface area contributed by atoms with Gasteiger partial charge in [-0.3, -0.25) is 0 Å². The van der Waals surface area contributed by atoms with E-state index in [-0.39, 0.29) is 17.5 Å². The molecule has 1 unspecified atom stereocenters. The first kappa shape index (κ1) is 16.2. The molecule has 1 N–H and O–H groups in total. The van der Waals surface area contributed by atoms with Crippen molar-refractivity contribution in [3.8, 4) is 6.07 Å². The number of hydrogen-bond donors (Lipinski definition) is 1. The summed E-state index contributed by atoms with van der Waals surface area (Å²) in [5, 5.41) is 12.3. The number of para-hydroxylation sites is 1. The quantitative estimate of drug-likeness (QED) is 0.902. The van der Waals surface area contributed by atoms with Crippen LogP contribution in [-0.4, -0.2) is 43.0 Å². The third-order valence-electron chi connectivity index (χ3n) is 4.02. The number of aromatic nitrogens is 2. The first-order valence-electron chi connectivity index (χ1n) is 7.51. The van der Waals surface area contributed by atoms with Gasteiger partial charge in [0.1, 0.15) is 11.9 Å². The fourth-order valence-corrected chi connectivity index (χ4v) is 4.43. The van der Waals surface area contributed by atoms with E-state index in [0.29, 0.717) is 29.4 Å². The normalized spacial score (nSPS) is 18.8. The van der Waals surface area contributed by atoms with Crippen LogP contribution in [0.4, 0.5) is 17.5 Å². The highest BCUT2D eigenvalue weighted by Crippen LogP contribution is 2.23. The molecule has 1 aromatic carbocycles. The van der Waals surface area contributed by atoms with E-state index in [1.807, 2.05) is 6.07 Å². The van der Waals surface area contributed by atoms with Crippen molar-refractivity contribution in [2.45, 2.75) is 12.5 Å². The third kappa shape index (κ3) is 3.46. The first-order valence-corrected chi connectivity index (χ1v) is 9.33. The Morgan fingerprint density at radius 3 is 2.83 bits per heavy atom. The molecule has 3 rings (SSSR count). The summed E-state index contributed by atoms with van der Waals surface area (Å²) in [5.41, 5.74) is 1.18. The number of rotatable bonds is 4. The number of sulfone groups is 1. The van der Waals surface area contributed by atoms with E-state index in [4.69, 9.17) is 5.26 Å². The Bertz CT molecular complexity index is 891. The fraction of sp³-hybridized carbons (Fsp3) is 0.312. The summed E-state index contributed by atoms with van der Waals surface area (Å²) in [4.78, 5) is 10.5. The molecule has 24 heavy (non-hydrogen) atoms. The second-order valence-electron chi connectivity index (χ2n) is 5.69. The van der Waals surface area contributed by atoms with E-state index < -0.39 is 9.84 Å². The number of hydrogen-bond acceptors (Lipinski definition) is 7. The first-order chi connectivity index (χ1) is 11.5. The lowest BCUT2D eigenvalue weighted by atomic mass is 10.2. The highest BCUT2D eigenvalue weighted by atomic mass is 32.2. The Hall–Kier alpha value is -2.66. The molecule has 1 aliphatic rings. The van der Waals surface area contributed by atoms with Gasteiger partial charge in [0.05, 0.1) is 22.8 Å². The Labute approximate surface area is 140 Å². The van der Waals surface area contributed by atoms with Crippen LogP contribution in [0.3, 0.4) is 0 Å². The van der Waals surface area contributed by atoms with Crippen molar-refractivity contribution in [1.82, 2.24) is 9.97 Å². The Morgan fingerprint density at radius 2 is 2.12 bits per heavy atom. The molecule has 124 valence electrons. The van der Waals surface area contributed by atoms with Gasteiger partial charge in [-0.1, -0.05) is 12.1 Å². The summed E-state index contributed by atoms with van der Waals surface area (Å²) in [6.45, 7) is 0. The predicted molar refractivity (Wildman–Crippen MR) is 91.9 cm³/mol. The maximum absolute atomic E-state index is 11.6. The van der Waals surface area contributed by atoms with Crippen LogP contribution in [0.1, 0.15) is 12.0 Å². The van der Waals surface area contributed by atoms with Gasteiger partial charge in [0.25, 0.3) is 0 Å². The smallest absolute Gasteiger partial charge is 0.227 e. The number of nitriles is 1. The zero-order valence-corrected chi connectivity index (χ0v) is 14.0. The van der Waals surface area contributed by atoms with Crippen LogP contribution in [0, 0.1) is 11.3 Å². The molecule has 1 atom stereocenters. The van der Waals surface area contributed by atoms with Crippen LogP contribution in [0.15, 0.2) is 36.5 Å². The number of benzene rings is 1. The molecule has 0 radical (unpaired) electrons. The third-order valence-corrected chi connectivity index (χ3v) is 5.78. The van der Waals surface area contributed by atoms with Crippen LogP contribution >= 0.6 is 0 Å². The van der Waals surface area contributed by atoms with E-state index in [2.05, 4.69) is 21.4 Å². The minimum absolute atomic E-state index is 0.114. The van der Waals surface area contributed by atoms with E-state index in [1.54, 1.807) is 42.4 Å². The van der Waals surface area contributed by atoms with Crippen molar-refractivity contribution >= 4 is 27.3 Å². The SMILES string of the molecule is CN(c1nccc(Nc2ccccc2C#N)n1)C1CCS(=O)(=O)C1. The molecule has 0 bridgehead atoms. The van der Waals surface area contributed by atoms with Gasteiger partial charge in [-0.25, -0.2) is 13.4 Å². The Morgan fingerprint density at radius 1 is 1.33 bits per heavy atom. The lowest BCUT2D eigenvalue weighted by Gasteiger charge is -2.23. The van der Waals surface area contributed by atoms with Gasteiger partial charge in [-0.05, 0) is 24.6 Å². The zero-order valence-electron chi connectivity index (χ0n) is 13.2. The highest BCUT2D eigenvalue weighted by molar-refractivity contribution is 7.91. The Balaban J connectivity index is 1.81. The van der Waals surface area contributed by atoms with Gasteiger partial charge < -0.3 is 10.2 Å². The monoisotopic (exact) mass is 343 g/mol. The Kier molecular flexibility index (Phi) is 4.36. The average molecular weight is 343 g/mol. The predicted octanol–water partition coefficient (Wildman–Crippen LogP) is 1.72. The topological polar surface area (TPSA) is 99.0 Å². The average Bonchev–Trinajstić information content (AvgIpc) is 2.95. The summed E-state index contributed by atoms with van der Waals surface area (Å²) < 4.78 is 23.3. The van der Waals surface area contributed by atoms with Gasteiger partial charge in [0.15, 0.2) is 9.84 Å². The molecule has 1 aliphatic heterocycles. The fourth-order valence-electron chi connectivity index (χ4n) is 2.66. The van der Waals surface area contributed by atoms with Crippen molar-refractivity contribution in [3.63, 3.8) is 0 Å². The summed E-state index contributed by atoms with van der Waals surface area (Å²) in [5.74, 6) is 1.34. The van der Waals surface area contributed by atoms with Crippen molar-refractivity contribution in [3.05, 3.63) is 42.1 Å². The van der Waals surface area contributed by atoms with Crippen molar-refractivity contribution < 1.29 is 8.42 Å². The molecule has 8 heteroatoms. The molecule has 0 saturated carbocycles. The summed E-state index contributed by atoms with van der Waals surface area (Å²) in [7, 11) is -1.17. The number of nitrogens with zero attached hydrogens (tertiary/aromatic N) is 4. The summed E-state index contributed by atoms with van der Waals surface area (Å²) >= 11 is 0. The number of nitrogens with one attached hydrogen (secondary N) is 1. The van der Waals surface area contributed by atoms with Crippen LogP contribution in [-0.2, 0) is 9.84 Å². The standard InChI is InChI=1S/C16H17N5O2S/c1-21(13-7-9-24(22,23)11-13)16-18-8-6-15(20-16)19-14-5-3-2-4-12(14)10-17/h2-6,8,13H,7,9,11H2,1H3,(H,18,19,20). The molecular formula is C16H17N5O2S. The summed E-state index contributed by atoms with van der Waals surface area (Å²) in [6.07, 6.45) is 2.19. The molecule has 0 aliphatic carbocycles. The second-order valence-corrected chi connectivity index (χ2v) is 7.92. The van der Waals surface area contributed by atoms with Gasteiger partial charge in [0.2, 0.25) is 5.95 Å². The maximum atomic E-state index is 11.6. The van der Waals surface area contributed by atoms with Crippen molar-refractivity contribution in [2.75, 3.05) is 28.8 Å². The zero-order chi connectivity index (χ0) is 17.2. The molecule has 0 spiro atoms. The molecule has 1 saturated heterocycles. The van der Waals surface area contributed by atoms with Crippen molar-refractivity contribution in [2.24, 2.45) is 0 Å².